The van der Waals surface area contributed by atoms with Gasteiger partial charge in [0.15, 0.2) is 0 Å². The van der Waals surface area contributed by atoms with Crippen LogP contribution in [0.4, 0.5) is 0 Å². The summed E-state index contributed by atoms with van der Waals surface area (Å²) < 4.78 is 23.3. The van der Waals surface area contributed by atoms with E-state index in [-0.39, 0.29) is 18.0 Å². The number of hydrogen-bond donors (Lipinski definition) is 0. The summed E-state index contributed by atoms with van der Waals surface area (Å²) >= 11 is 0. The lowest BCUT2D eigenvalue weighted by atomic mass is 9.51. The maximum atomic E-state index is 12.3. The molecule has 0 radical (unpaired) electrons. The Labute approximate surface area is 141 Å². The number of epoxide rings is 1. The van der Waals surface area contributed by atoms with Gasteiger partial charge in [-0.2, -0.15) is 0 Å². The molecule has 24 heavy (non-hydrogen) atoms. The van der Waals surface area contributed by atoms with Crippen molar-refractivity contribution in [2.45, 2.75) is 70.6 Å². The molecule has 132 valence electrons. The summed E-state index contributed by atoms with van der Waals surface area (Å²) in [6.45, 7) is 7.40. The zero-order valence-corrected chi connectivity index (χ0v) is 14.8. The second kappa shape index (κ2) is 4.61. The normalized spacial score (nSPS) is 49.0. The fourth-order valence-corrected chi connectivity index (χ4v) is 5.35. The molecule has 1 spiro atoms. The van der Waals surface area contributed by atoms with Crippen molar-refractivity contribution in [1.82, 2.24) is 0 Å². The van der Waals surface area contributed by atoms with Crippen LogP contribution in [0, 0.1) is 11.3 Å². The highest BCUT2D eigenvalue weighted by molar-refractivity contribution is 5.93. The Morgan fingerprint density at radius 2 is 2.04 bits per heavy atom. The third kappa shape index (κ3) is 1.63. The predicted molar refractivity (Wildman–Crippen MR) is 82.8 cm³/mol. The lowest BCUT2D eigenvalue weighted by Gasteiger charge is -2.55. The molecule has 6 nitrogen and oxygen atoms in total. The summed E-state index contributed by atoms with van der Waals surface area (Å²) in [5.74, 6) is -1.69. The smallest absolute Gasteiger partial charge is 0.336 e. The average Bonchev–Trinajstić information content (AvgIpc) is 3.17. The van der Waals surface area contributed by atoms with Gasteiger partial charge in [0, 0.05) is 25.0 Å². The molecule has 0 aromatic carbocycles. The number of fused-ring (bicyclic) bond motifs is 1. The van der Waals surface area contributed by atoms with E-state index in [1.165, 1.54) is 14.0 Å². The largest absolute Gasteiger partial charge is 0.457 e. The number of carbonyl (C=O) groups is 2. The number of ether oxygens (including phenoxy) is 4. The molecule has 0 aromatic rings. The average molecular weight is 336 g/mol. The van der Waals surface area contributed by atoms with E-state index in [0.717, 1.165) is 12.8 Å². The molecule has 4 aliphatic rings. The molecule has 2 saturated carbocycles. The molecule has 1 saturated heterocycles. The number of methoxy groups -OCH3 is 1. The van der Waals surface area contributed by atoms with Gasteiger partial charge in [-0.05, 0) is 25.7 Å². The maximum Gasteiger partial charge on any atom is 0.336 e. The molecule has 0 aromatic heterocycles. The Bertz CT molecular complexity index is 668. The van der Waals surface area contributed by atoms with Gasteiger partial charge in [0.2, 0.25) is 5.79 Å². The molecule has 4 rings (SSSR count). The first-order valence-electron chi connectivity index (χ1n) is 8.56. The van der Waals surface area contributed by atoms with Crippen molar-refractivity contribution < 1.29 is 28.5 Å². The van der Waals surface area contributed by atoms with Gasteiger partial charge in [-0.3, -0.25) is 4.79 Å². The van der Waals surface area contributed by atoms with E-state index in [9.17, 15) is 9.59 Å². The summed E-state index contributed by atoms with van der Waals surface area (Å²) in [5.41, 5.74) is 0.249. The fraction of sp³-hybridized carbons (Fsp3) is 0.778. The van der Waals surface area contributed by atoms with Crippen LogP contribution in [-0.4, -0.2) is 42.6 Å². The molecule has 3 fully saturated rings. The van der Waals surface area contributed by atoms with E-state index < -0.39 is 28.9 Å². The van der Waals surface area contributed by atoms with Crippen molar-refractivity contribution in [3.8, 4) is 0 Å². The first kappa shape index (κ1) is 16.1. The van der Waals surface area contributed by atoms with Crippen LogP contribution in [0.3, 0.4) is 0 Å². The van der Waals surface area contributed by atoms with Crippen molar-refractivity contribution in [2.24, 2.45) is 11.3 Å². The lowest BCUT2D eigenvalue weighted by Crippen LogP contribution is -2.64. The van der Waals surface area contributed by atoms with Crippen LogP contribution in [0.15, 0.2) is 11.1 Å². The Morgan fingerprint density at radius 1 is 1.33 bits per heavy atom. The van der Waals surface area contributed by atoms with Gasteiger partial charge in [-0.15, -0.1) is 0 Å². The second-order valence-electron chi connectivity index (χ2n) is 7.81. The maximum absolute atomic E-state index is 12.3. The number of rotatable bonds is 2. The Morgan fingerprint density at radius 3 is 2.67 bits per heavy atom. The Balaban J connectivity index is 1.93. The molecule has 0 amide bonds. The van der Waals surface area contributed by atoms with Crippen LogP contribution in [0.5, 0.6) is 0 Å². The lowest BCUT2D eigenvalue weighted by molar-refractivity contribution is -0.236. The minimum absolute atomic E-state index is 0.102. The van der Waals surface area contributed by atoms with E-state index in [2.05, 4.69) is 13.8 Å². The molecular weight excluding hydrogens is 312 g/mol. The topological polar surface area (TPSA) is 74.4 Å². The second-order valence-corrected chi connectivity index (χ2v) is 7.81. The van der Waals surface area contributed by atoms with Crippen LogP contribution in [0.2, 0.25) is 0 Å². The number of carbonyl (C=O) groups excluding carboxylic acids is 2. The highest BCUT2D eigenvalue weighted by atomic mass is 16.7. The van der Waals surface area contributed by atoms with Crippen molar-refractivity contribution in [3.05, 3.63) is 11.1 Å². The molecule has 2 aliphatic heterocycles. The third-order valence-electron chi connectivity index (χ3n) is 6.91. The molecule has 6 atom stereocenters. The first-order chi connectivity index (χ1) is 11.2. The summed E-state index contributed by atoms with van der Waals surface area (Å²) in [4.78, 5) is 24.2. The van der Waals surface area contributed by atoms with Crippen LogP contribution in [0.1, 0.15) is 47.0 Å². The van der Waals surface area contributed by atoms with Gasteiger partial charge in [-0.25, -0.2) is 4.79 Å². The van der Waals surface area contributed by atoms with E-state index in [4.69, 9.17) is 18.9 Å². The van der Waals surface area contributed by atoms with Crippen LogP contribution in [0.25, 0.3) is 0 Å². The van der Waals surface area contributed by atoms with Crippen molar-refractivity contribution in [2.75, 3.05) is 7.11 Å². The minimum Gasteiger partial charge on any atom is -0.457 e. The van der Waals surface area contributed by atoms with Crippen molar-refractivity contribution >= 4 is 11.9 Å². The molecule has 0 unspecified atom stereocenters. The summed E-state index contributed by atoms with van der Waals surface area (Å²) in [6.07, 6.45) is 1.94. The standard InChI is InChI=1S/C18H24O6/c1-9-6-7-12-17(23-12)8-18(21-5)13(10(2)15(20)24-18)14(16(9,17)4)22-11(3)19/h9,12,14H,6-8H2,1-5H3/t9-,12+,14+,16-,17+,18+/m0/s1. The zero-order chi connectivity index (χ0) is 17.5. The van der Waals surface area contributed by atoms with Crippen LogP contribution < -0.4 is 0 Å². The predicted octanol–water partition coefficient (Wildman–Crippen LogP) is 2.11. The Hall–Kier alpha value is -1.40. The fourth-order valence-electron chi connectivity index (χ4n) is 5.35. The molecule has 6 heteroatoms. The first-order valence-corrected chi connectivity index (χ1v) is 8.56. The van der Waals surface area contributed by atoms with Gasteiger partial charge in [-0.1, -0.05) is 13.8 Å². The molecule has 0 N–H and O–H groups in total. The van der Waals surface area contributed by atoms with E-state index in [1.807, 2.05) is 0 Å². The van der Waals surface area contributed by atoms with E-state index >= 15 is 0 Å². The summed E-state index contributed by atoms with van der Waals surface area (Å²) in [5, 5.41) is 0. The summed E-state index contributed by atoms with van der Waals surface area (Å²) in [6, 6.07) is 0. The minimum atomic E-state index is -1.19. The monoisotopic (exact) mass is 336 g/mol. The highest BCUT2D eigenvalue weighted by Gasteiger charge is 2.81. The van der Waals surface area contributed by atoms with Crippen molar-refractivity contribution in [1.29, 1.82) is 0 Å². The molecular formula is C18H24O6. The van der Waals surface area contributed by atoms with Gasteiger partial charge in [0.25, 0.3) is 0 Å². The summed E-state index contributed by atoms with van der Waals surface area (Å²) in [7, 11) is 1.53. The SMILES string of the molecule is CO[C@@]12C[C@@]34O[C@@H]3CC[C@H](C)[C@@]4(C)[C@H](OC(C)=O)C1=C(C)C(=O)O2. The molecule has 0 bridgehead atoms. The van der Waals surface area contributed by atoms with Crippen LogP contribution in [-0.2, 0) is 28.5 Å². The van der Waals surface area contributed by atoms with Gasteiger partial charge in [0.1, 0.15) is 11.7 Å². The molecule has 2 aliphatic carbocycles. The van der Waals surface area contributed by atoms with Gasteiger partial charge in [0.05, 0.1) is 18.1 Å². The number of hydrogen-bond acceptors (Lipinski definition) is 6. The number of esters is 2. The van der Waals surface area contributed by atoms with Crippen molar-refractivity contribution in [3.63, 3.8) is 0 Å². The quantitative estimate of drug-likeness (QED) is 0.568. The van der Waals surface area contributed by atoms with E-state index in [1.54, 1.807) is 6.92 Å². The zero-order valence-electron chi connectivity index (χ0n) is 14.8. The van der Waals surface area contributed by atoms with E-state index in [0.29, 0.717) is 17.6 Å². The molecule has 2 heterocycles. The Kier molecular flexibility index (Phi) is 3.09. The van der Waals surface area contributed by atoms with Gasteiger partial charge < -0.3 is 18.9 Å². The third-order valence-corrected chi connectivity index (χ3v) is 6.91. The van der Waals surface area contributed by atoms with Gasteiger partial charge >= 0.3 is 11.9 Å². The van der Waals surface area contributed by atoms with Crippen LogP contribution >= 0.6 is 0 Å². The highest BCUT2D eigenvalue weighted by Crippen LogP contribution is 2.71.